The van der Waals surface area contributed by atoms with Crippen molar-refractivity contribution in [3.8, 4) is 0 Å². The summed E-state index contributed by atoms with van der Waals surface area (Å²) in [6.45, 7) is 2.75. The molecule has 18 heavy (non-hydrogen) atoms. The molecule has 5 nitrogen and oxygen atoms in total. The minimum absolute atomic E-state index is 0.230. The second kappa shape index (κ2) is 5.95. The van der Waals surface area contributed by atoms with Crippen molar-refractivity contribution >= 4 is 22.9 Å². The maximum absolute atomic E-state index is 11.5. The quantitative estimate of drug-likeness (QED) is 0.812. The summed E-state index contributed by atoms with van der Waals surface area (Å²) in [5.74, 6) is 0.509. The maximum Gasteiger partial charge on any atom is 0.320 e. The molecule has 94 valence electrons. The standard InChI is InChI=1S/C13H16N4O/c1-2-3-8-15-13(18)17-11-7-6-10-5-4-9-14-12(10)16-11/h4-7,9H,2-3,8H2,1H3,(H2,14,15,16,17,18). The molecule has 0 atom stereocenters. The van der Waals surface area contributed by atoms with Gasteiger partial charge in [-0.1, -0.05) is 13.3 Å². The summed E-state index contributed by atoms with van der Waals surface area (Å²) in [7, 11) is 0. The highest BCUT2D eigenvalue weighted by Gasteiger charge is 2.03. The molecule has 2 heterocycles. The zero-order valence-corrected chi connectivity index (χ0v) is 10.3. The lowest BCUT2D eigenvalue weighted by Gasteiger charge is -2.06. The van der Waals surface area contributed by atoms with Crippen LogP contribution in [-0.4, -0.2) is 22.5 Å². The Bertz CT molecular complexity index is 541. The molecule has 0 saturated carbocycles. The molecule has 0 saturated heterocycles. The molecule has 2 N–H and O–H groups in total. The molecular formula is C13H16N4O. The number of urea groups is 1. The van der Waals surface area contributed by atoms with Crippen molar-refractivity contribution in [2.24, 2.45) is 0 Å². The smallest absolute Gasteiger partial charge is 0.320 e. The number of anilines is 1. The first-order chi connectivity index (χ1) is 8.79. The molecule has 0 aliphatic rings. The summed E-state index contributed by atoms with van der Waals surface area (Å²) in [5, 5.41) is 6.41. The first-order valence-electron chi connectivity index (χ1n) is 6.06. The van der Waals surface area contributed by atoms with Crippen molar-refractivity contribution in [1.82, 2.24) is 15.3 Å². The molecule has 0 bridgehead atoms. The number of unbranched alkanes of at least 4 members (excludes halogenated alkanes) is 1. The molecular weight excluding hydrogens is 228 g/mol. The largest absolute Gasteiger partial charge is 0.338 e. The lowest BCUT2D eigenvalue weighted by Crippen LogP contribution is -2.29. The summed E-state index contributed by atoms with van der Waals surface area (Å²) in [6, 6.07) is 7.21. The van der Waals surface area contributed by atoms with E-state index in [2.05, 4.69) is 27.5 Å². The number of aromatic nitrogens is 2. The summed E-state index contributed by atoms with van der Waals surface area (Å²) in [4.78, 5) is 19.9. The highest BCUT2D eigenvalue weighted by molar-refractivity contribution is 5.89. The van der Waals surface area contributed by atoms with Crippen LogP contribution in [0.15, 0.2) is 30.5 Å². The Morgan fingerprint density at radius 2 is 2.22 bits per heavy atom. The first-order valence-corrected chi connectivity index (χ1v) is 6.06. The molecule has 0 aliphatic heterocycles. The highest BCUT2D eigenvalue weighted by Crippen LogP contribution is 2.11. The number of carbonyl (C=O) groups is 1. The van der Waals surface area contributed by atoms with Crippen LogP contribution < -0.4 is 10.6 Å². The Labute approximate surface area is 106 Å². The van der Waals surface area contributed by atoms with Crippen molar-refractivity contribution in [3.05, 3.63) is 30.5 Å². The van der Waals surface area contributed by atoms with E-state index in [4.69, 9.17) is 0 Å². The predicted octanol–water partition coefficient (Wildman–Crippen LogP) is 2.55. The Kier molecular flexibility index (Phi) is 4.06. The van der Waals surface area contributed by atoms with E-state index in [0.29, 0.717) is 18.0 Å². The van der Waals surface area contributed by atoms with E-state index in [9.17, 15) is 4.79 Å². The number of fused-ring (bicyclic) bond motifs is 1. The van der Waals surface area contributed by atoms with Crippen LogP contribution in [0.2, 0.25) is 0 Å². The number of pyridine rings is 2. The van der Waals surface area contributed by atoms with Crippen molar-refractivity contribution in [1.29, 1.82) is 0 Å². The number of hydrogen-bond acceptors (Lipinski definition) is 3. The van der Waals surface area contributed by atoms with Gasteiger partial charge in [-0.3, -0.25) is 5.32 Å². The minimum Gasteiger partial charge on any atom is -0.338 e. The van der Waals surface area contributed by atoms with Crippen molar-refractivity contribution < 1.29 is 4.79 Å². The molecule has 0 aromatic carbocycles. The van der Waals surface area contributed by atoms with E-state index in [-0.39, 0.29) is 6.03 Å². The van der Waals surface area contributed by atoms with Gasteiger partial charge in [0.25, 0.3) is 0 Å². The van der Waals surface area contributed by atoms with Crippen LogP contribution in [0.25, 0.3) is 11.0 Å². The summed E-state index contributed by atoms with van der Waals surface area (Å²) >= 11 is 0. The van der Waals surface area contributed by atoms with E-state index < -0.39 is 0 Å². The van der Waals surface area contributed by atoms with E-state index in [1.807, 2.05) is 18.2 Å². The van der Waals surface area contributed by atoms with Crippen LogP contribution in [0.3, 0.4) is 0 Å². The van der Waals surface area contributed by atoms with Crippen LogP contribution in [0.4, 0.5) is 10.6 Å². The van der Waals surface area contributed by atoms with Gasteiger partial charge in [0, 0.05) is 18.1 Å². The zero-order valence-electron chi connectivity index (χ0n) is 10.3. The fraction of sp³-hybridized carbons (Fsp3) is 0.308. The van der Waals surface area contributed by atoms with Gasteiger partial charge in [0.05, 0.1) is 0 Å². The third-order valence-corrected chi connectivity index (χ3v) is 2.52. The normalized spacial score (nSPS) is 10.3. The number of hydrogen-bond donors (Lipinski definition) is 2. The summed E-state index contributed by atoms with van der Waals surface area (Å²) < 4.78 is 0. The van der Waals surface area contributed by atoms with Crippen LogP contribution in [0.1, 0.15) is 19.8 Å². The topological polar surface area (TPSA) is 66.9 Å². The van der Waals surface area contributed by atoms with Crippen LogP contribution in [0.5, 0.6) is 0 Å². The molecule has 0 unspecified atom stereocenters. The van der Waals surface area contributed by atoms with Crippen molar-refractivity contribution in [2.75, 3.05) is 11.9 Å². The molecule has 0 spiro atoms. The third-order valence-electron chi connectivity index (χ3n) is 2.52. The minimum atomic E-state index is -0.230. The number of carbonyl (C=O) groups excluding carboxylic acids is 1. The van der Waals surface area contributed by atoms with Gasteiger partial charge in [-0.2, -0.15) is 0 Å². The molecule has 2 aromatic heterocycles. The van der Waals surface area contributed by atoms with Gasteiger partial charge >= 0.3 is 6.03 Å². The molecule has 2 aromatic rings. The lowest BCUT2D eigenvalue weighted by atomic mass is 10.3. The fourth-order valence-electron chi connectivity index (χ4n) is 1.56. The average Bonchev–Trinajstić information content (AvgIpc) is 2.39. The van der Waals surface area contributed by atoms with E-state index in [1.54, 1.807) is 12.3 Å². The summed E-state index contributed by atoms with van der Waals surface area (Å²) in [6.07, 6.45) is 3.71. The number of amides is 2. The Hall–Kier alpha value is -2.17. The Morgan fingerprint density at radius 3 is 3.06 bits per heavy atom. The molecule has 0 fully saturated rings. The van der Waals surface area contributed by atoms with E-state index >= 15 is 0 Å². The van der Waals surface area contributed by atoms with Crippen LogP contribution in [0, 0.1) is 0 Å². The zero-order chi connectivity index (χ0) is 12.8. The number of rotatable bonds is 4. The van der Waals surface area contributed by atoms with Gasteiger partial charge in [0.1, 0.15) is 5.82 Å². The number of nitrogens with one attached hydrogen (secondary N) is 2. The van der Waals surface area contributed by atoms with Crippen molar-refractivity contribution in [3.63, 3.8) is 0 Å². The van der Waals surface area contributed by atoms with Crippen LogP contribution >= 0.6 is 0 Å². The monoisotopic (exact) mass is 244 g/mol. The van der Waals surface area contributed by atoms with Crippen molar-refractivity contribution in [2.45, 2.75) is 19.8 Å². The third kappa shape index (κ3) is 3.16. The Balaban J connectivity index is 2.01. The van der Waals surface area contributed by atoms with Gasteiger partial charge in [-0.15, -0.1) is 0 Å². The van der Waals surface area contributed by atoms with Gasteiger partial charge < -0.3 is 5.32 Å². The predicted molar refractivity (Wildman–Crippen MR) is 71.5 cm³/mol. The van der Waals surface area contributed by atoms with Gasteiger partial charge in [0.15, 0.2) is 5.65 Å². The average molecular weight is 244 g/mol. The molecule has 2 rings (SSSR count). The summed E-state index contributed by atoms with van der Waals surface area (Å²) in [5.41, 5.74) is 0.629. The maximum atomic E-state index is 11.5. The van der Waals surface area contributed by atoms with Gasteiger partial charge in [-0.25, -0.2) is 14.8 Å². The fourth-order valence-corrected chi connectivity index (χ4v) is 1.56. The van der Waals surface area contributed by atoms with Gasteiger partial charge in [0.2, 0.25) is 0 Å². The molecule has 2 amide bonds. The molecule has 5 heteroatoms. The lowest BCUT2D eigenvalue weighted by molar-refractivity contribution is 0.252. The second-order valence-corrected chi connectivity index (χ2v) is 3.98. The number of nitrogens with zero attached hydrogens (tertiary/aromatic N) is 2. The molecule has 0 radical (unpaired) electrons. The first kappa shape index (κ1) is 12.3. The highest BCUT2D eigenvalue weighted by atomic mass is 16.2. The van der Waals surface area contributed by atoms with E-state index in [1.165, 1.54) is 0 Å². The van der Waals surface area contributed by atoms with Gasteiger partial charge in [-0.05, 0) is 30.7 Å². The van der Waals surface area contributed by atoms with Crippen LogP contribution in [-0.2, 0) is 0 Å². The Morgan fingerprint density at radius 1 is 1.33 bits per heavy atom. The molecule has 0 aliphatic carbocycles. The SMILES string of the molecule is CCCCNC(=O)Nc1ccc2cccnc2n1. The second-order valence-electron chi connectivity index (χ2n) is 3.98. The van der Waals surface area contributed by atoms with E-state index in [0.717, 1.165) is 18.2 Å².